The third-order valence-corrected chi connectivity index (χ3v) is 3.43. The normalized spacial score (nSPS) is 18.0. The number of furan rings is 1. The first-order valence-corrected chi connectivity index (χ1v) is 6.74. The number of carbonyl (C=O) groups is 2. The van der Waals surface area contributed by atoms with Crippen molar-refractivity contribution in [3.63, 3.8) is 0 Å². The number of likely N-dealkylation sites (tertiary alicyclic amines) is 1. The zero-order valence-electron chi connectivity index (χ0n) is 11.5. The van der Waals surface area contributed by atoms with E-state index in [-0.39, 0.29) is 17.6 Å². The molecule has 3 rings (SSSR count). The summed E-state index contributed by atoms with van der Waals surface area (Å²) >= 11 is 0. The van der Waals surface area contributed by atoms with E-state index in [4.69, 9.17) is 8.94 Å². The van der Waals surface area contributed by atoms with Crippen LogP contribution in [0.5, 0.6) is 0 Å². The number of rotatable bonds is 3. The van der Waals surface area contributed by atoms with E-state index in [1.165, 1.54) is 11.2 Å². The molecule has 7 nitrogen and oxygen atoms in total. The van der Waals surface area contributed by atoms with Crippen LogP contribution >= 0.6 is 0 Å². The molecule has 0 radical (unpaired) electrons. The Morgan fingerprint density at radius 3 is 3.00 bits per heavy atom. The van der Waals surface area contributed by atoms with E-state index in [9.17, 15) is 9.59 Å². The van der Waals surface area contributed by atoms with Crippen molar-refractivity contribution in [1.29, 1.82) is 0 Å². The highest BCUT2D eigenvalue weighted by Crippen LogP contribution is 2.22. The molecule has 0 spiro atoms. The van der Waals surface area contributed by atoms with E-state index in [0.717, 1.165) is 6.42 Å². The van der Waals surface area contributed by atoms with Gasteiger partial charge in [-0.1, -0.05) is 5.16 Å². The third-order valence-electron chi connectivity index (χ3n) is 3.43. The van der Waals surface area contributed by atoms with E-state index in [1.807, 2.05) is 0 Å². The molecule has 1 fully saturated rings. The van der Waals surface area contributed by atoms with Crippen molar-refractivity contribution in [2.24, 2.45) is 0 Å². The van der Waals surface area contributed by atoms with Crippen LogP contribution in [0, 0.1) is 6.92 Å². The lowest BCUT2D eigenvalue weighted by molar-refractivity contribution is -0.119. The van der Waals surface area contributed by atoms with Crippen molar-refractivity contribution in [2.75, 3.05) is 11.9 Å². The second kappa shape index (κ2) is 5.43. The number of aromatic nitrogens is 1. The molecule has 0 unspecified atom stereocenters. The molecule has 110 valence electrons. The number of aryl methyl sites for hydroxylation is 1. The molecule has 0 bridgehead atoms. The number of anilines is 1. The first kappa shape index (κ1) is 13.4. The Bertz CT molecular complexity index is 647. The molecule has 7 heteroatoms. The maximum Gasteiger partial charge on any atom is 0.290 e. The highest BCUT2D eigenvalue weighted by molar-refractivity contribution is 6.00. The van der Waals surface area contributed by atoms with Crippen molar-refractivity contribution in [1.82, 2.24) is 10.1 Å². The molecule has 0 aliphatic carbocycles. The van der Waals surface area contributed by atoms with Gasteiger partial charge in [-0.15, -0.1) is 0 Å². The van der Waals surface area contributed by atoms with Crippen LogP contribution in [-0.4, -0.2) is 34.5 Å². The fourth-order valence-electron chi connectivity index (χ4n) is 2.46. The summed E-state index contributed by atoms with van der Waals surface area (Å²) in [6, 6.07) is 4.36. The Morgan fingerprint density at radius 2 is 2.33 bits per heavy atom. The number of nitrogens with zero attached hydrogens (tertiary/aromatic N) is 2. The molecule has 1 atom stereocenters. The lowest BCUT2D eigenvalue weighted by atomic mass is 10.2. The molecular weight excluding hydrogens is 274 g/mol. The zero-order chi connectivity index (χ0) is 14.8. The van der Waals surface area contributed by atoms with Gasteiger partial charge in [-0.25, -0.2) is 0 Å². The Morgan fingerprint density at radius 1 is 1.48 bits per heavy atom. The van der Waals surface area contributed by atoms with E-state index in [2.05, 4.69) is 10.5 Å². The molecule has 2 amide bonds. The van der Waals surface area contributed by atoms with Crippen LogP contribution in [0.4, 0.5) is 5.82 Å². The maximum atomic E-state index is 12.3. The van der Waals surface area contributed by atoms with Crippen LogP contribution < -0.4 is 5.32 Å². The second-order valence-electron chi connectivity index (χ2n) is 4.95. The molecule has 2 aromatic heterocycles. The van der Waals surface area contributed by atoms with E-state index >= 15 is 0 Å². The maximum absolute atomic E-state index is 12.3. The average Bonchev–Trinajstić information content (AvgIpc) is 3.19. The van der Waals surface area contributed by atoms with Gasteiger partial charge in [0.2, 0.25) is 5.91 Å². The van der Waals surface area contributed by atoms with Crippen molar-refractivity contribution in [3.8, 4) is 0 Å². The Hall–Kier alpha value is -2.57. The highest BCUT2D eigenvalue weighted by atomic mass is 16.5. The lowest BCUT2D eigenvalue weighted by Gasteiger charge is -2.22. The van der Waals surface area contributed by atoms with Crippen LogP contribution in [0.25, 0.3) is 0 Å². The molecule has 1 N–H and O–H groups in total. The summed E-state index contributed by atoms with van der Waals surface area (Å²) < 4.78 is 10.0. The molecule has 21 heavy (non-hydrogen) atoms. The topological polar surface area (TPSA) is 88.6 Å². The van der Waals surface area contributed by atoms with Crippen LogP contribution in [0.15, 0.2) is 33.4 Å². The van der Waals surface area contributed by atoms with Gasteiger partial charge >= 0.3 is 0 Å². The Kier molecular flexibility index (Phi) is 3.47. The first-order valence-electron chi connectivity index (χ1n) is 6.74. The summed E-state index contributed by atoms with van der Waals surface area (Å²) in [6.07, 6.45) is 2.84. The van der Waals surface area contributed by atoms with Gasteiger partial charge in [0.25, 0.3) is 5.91 Å². The summed E-state index contributed by atoms with van der Waals surface area (Å²) in [5, 5.41) is 6.38. The summed E-state index contributed by atoms with van der Waals surface area (Å²) in [6.45, 7) is 2.28. The van der Waals surface area contributed by atoms with Gasteiger partial charge < -0.3 is 19.2 Å². The minimum Gasteiger partial charge on any atom is -0.459 e. The highest BCUT2D eigenvalue weighted by Gasteiger charge is 2.35. The van der Waals surface area contributed by atoms with Crippen molar-refractivity contribution < 1.29 is 18.5 Å². The smallest absolute Gasteiger partial charge is 0.290 e. The van der Waals surface area contributed by atoms with Gasteiger partial charge in [0, 0.05) is 12.6 Å². The van der Waals surface area contributed by atoms with Crippen molar-refractivity contribution >= 4 is 17.6 Å². The quantitative estimate of drug-likeness (QED) is 0.931. The van der Waals surface area contributed by atoms with Crippen LogP contribution in [-0.2, 0) is 4.79 Å². The third kappa shape index (κ3) is 2.67. The molecular formula is C14H15N3O4. The van der Waals surface area contributed by atoms with Gasteiger partial charge in [-0.05, 0) is 31.9 Å². The molecule has 1 aliphatic rings. The predicted molar refractivity (Wildman–Crippen MR) is 72.6 cm³/mol. The number of hydrogen-bond acceptors (Lipinski definition) is 5. The van der Waals surface area contributed by atoms with Crippen LogP contribution in [0.3, 0.4) is 0 Å². The molecule has 2 aromatic rings. The Labute approximate surface area is 120 Å². The number of hydrogen-bond donors (Lipinski definition) is 1. The number of nitrogens with one attached hydrogen (secondary N) is 1. The van der Waals surface area contributed by atoms with Gasteiger partial charge in [0.15, 0.2) is 11.6 Å². The second-order valence-corrected chi connectivity index (χ2v) is 4.95. The average molecular weight is 289 g/mol. The molecule has 1 saturated heterocycles. The predicted octanol–water partition coefficient (Wildman–Crippen LogP) is 1.82. The fraction of sp³-hybridized carbons (Fsp3) is 0.357. The largest absolute Gasteiger partial charge is 0.459 e. The van der Waals surface area contributed by atoms with Gasteiger partial charge in [0.1, 0.15) is 11.8 Å². The minimum absolute atomic E-state index is 0.243. The molecule has 1 aliphatic heterocycles. The fourth-order valence-corrected chi connectivity index (χ4v) is 2.46. The van der Waals surface area contributed by atoms with Crippen molar-refractivity contribution in [3.05, 3.63) is 36.0 Å². The zero-order valence-corrected chi connectivity index (χ0v) is 11.5. The monoisotopic (exact) mass is 289 g/mol. The van der Waals surface area contributed by atoms with Crippen LogP contribution in [0.1, 0.15) is 29.2 Å². The van der Waals surface area contributed by atoms with E-state index in [1.54, 1.807) is 25.1 Å². The first-order chi connectivity index (χ1) is 10.1. The van der Waals surface area contributed by atoms with Gasteiger partial charge in [-0.2, -0.15) is 0 Å². The standard InChI is InChI=1S/C14H15N3O4/c1-9-8-12(16-21-9)15-13(18)10-4-2-6-17(10)14(19)11-5-3-7-20-11/h3,5,7-8,10H,2,4,6H2,1H3,(H,15,16,18)/t10-/m0/s1. The molecule has 0 aromatic carbocycles. The van der Waals surface area contributed by atoms with Gasteiger partial charge in [0.05, 0.1) is 6.26 Å². The molecule has 3 heterocycles. The minimum atomic E-state index is -0.514. The summed E-state index contributed by atoms with van der Waals surface area (Å²) in [4.78, 5) is 26.1. The van der Waals surface area contributed by atoms with Crippen molar-refractivity contribution in [2.45, 2.75) is 25.8 Å². The Balaban J connectivity index is 1.71. The SMILES string of the molecule is Cc1cc(NC(=O)[C@@H]2CCCN2C(=O)c2ccco2)no1. The van der Waals surface area contributed by atoms with E-state index in [0.29, 0.717) is 24.5 Å². The lowest BCUT2D eigenvalue weighted by Crippen LogP contribution is -2.43. The summed E-state index contributed by atoms with van der Waals surface area (Å²) in [7, 11) is 0. The van der Waals surface area contributed by atoms with Gasteiger partial charge in [-0.3, -0.25) is 9.59 Å². The summed E-state index contributed by atoms with van der Waals surface area (Å²) in [5.74, 6) is 0.678. The number of amides is 2. The van der Waals surface area contributed by atoms with Crippen LogP contribution in [0.2, 0.25) is 0 Å². The number of carbonyl (C=O) groups excluding carboxylic acids is 2. The van der Waals surface area contributed by atoms with E-state index < -0.39 is 6.04 Å². The molecule has 0 saturated carbocycles. The summed E-state index contributed by atoms with van der Waals surface area (Å²) in [5.41, 5.74) is 0.